The number of hydrogen-bond donors (Lipinski definition) is 0. The third-order valence-corrected chi connectivity index (χ3v) is 3.63. The van der Waals surface area contributed by atoms with E-state index in [0.717, 1.165) is 6.42 Å². The zero-order valence-electron chi connectivity index (χ0n) is 15.6. The van der Waals surface area contributed by atoms with Gasteiger partial charge in [0.05, 0.1) is 12.2 Å². The highest BCUT2D eigenvalue weighted by atomic mass is 19.1. The van der Waals surface area contributed by atoms with Gasteiger partial charge in [-0.2, -0.15) is 0 Å². The van der Waals surface area contributed by atoms with Gasteiger partial charge >= 0.3 is 6.09 Å². The third-order valence-electron chi connectivity index (χ3n) is 3.63. The van der Waals surface area contributed by atoms with Gasteiger partial charge in [-0.05, 0) is 36.1 Å². The molecule has 0 N–H and O–H groups in total. The van der Waals surface area contributed by atoms with Crippen molar-refractivity contribution >= 4 is 11.8 Å². The first-order valence-electron chi connectivity index (χ1n) is 9.01. The fourth-order valence-electron chi connectivity index (χ4n) is 2.46. The lowest BCUT2D eigenvalue weighted by Gasteiger charge is -2.14. The highest BCUT2D eigenvalue weighted by molar-refractivity contribution is 5.89. The second-order valence-corrected chi connectivity index (χ2v) is 5.03. The monoisotopic (exact) mass is 345 g/mol. The Hall–Kier alpha value is -2.36. The van der Waals surface area contributed by atoms with Crippen molar-refractivity contribution in [3.8, 4) is 0 Å². The van der Waals surface area contributed by atoms with E-state index in [9.17, 15) is 9.18 Å². The molecule has 2 aromatic rings. The number of benzene rings is 2. The number of halogens is 1. The van der Waals surface area contributed by atoms with E-state index in [1.54, 1.807) is 12.1 Å². The minimum Gasteiger partial charge on any atom is -0.447 e. The lowest BCUT2D eigenvalue weighted by molar-refractivity contribution is 0.181. The maximum atomic E-state index is 14.2. The summed E-state index contributed by atoms with van der Waals surface area (Å²) in [4.78, 5) is 12.9. The molecule has 4 heteroatoms. The fourth-order valence-corrected chi connectivity index (χ4v) is 2.46. The van der Waals surface area contributed by atoms with Crippen LogP contribution < -0.4 is 4.90 Å². The van der Waals surface area contributed by atoms with Crippen molar-refractivity contribution in [2.24, 2.45) is 0 Å². The van der Waals surface area contributed by atoms with Gasteiger partial charge in [0.2, 0.25) is 0 Å². The molecule has 0 unspecified atom stereocenters. The van der Waals surface area contributed by atoms with Crippen LogP contribution >= 0.6 is 0 Å². The molecular weight excluding hydrogens is 317 g/mol. The van der Waals surface area contributed by atoms with Crippen LogP contribution in [0.4, 0.5) is 14.9 Å². The standard InChI is InChI=1S/C17H16FNO2.2C2H6/c18-16-12-15(19-10-11-21-17(19)20)9-8-14(16)7-6-13-4-2-1-3-5-13;2*1-2/h1-5,8-9,12H,6-7,10-11H2;2*1-2H3. The first kappa shape index (κ1) is 20.7. The molecule has 2 aromatic carbocycles. The van der Waals surface area contributed by atoms with Gasteiger partial charge in [0.15, 0.2) is 0 Å². The molecule has 1 amide bonds. The van der Waals surface area contributed by atoms with Crippen molar-refractivity contribution in [2.75, 3.05) is 18.1 Å². The van der Waals surface area contributed by atoms with Gasteiger partial charge in [0.1, 0.15) is 12.4 Å². The lowest BCUT2D eigenvalue weighted by Crippen LogP contribution is -2.23. The average molecular weight is 345 g/mol. The van der Waals surface area contributed by atoms with Crippen LogP contribution in [0.2, 0.25) is 0 Å². The number of hydrogen-bond acceptors (Lipinski definition) is 2. The second-order valence-electron chi connectivity index (χ2n) is 5.03. The normalized spacial score (nSPS) is 12.5. The number of anilines is 1. The molecule has 1 aliphatic rings. The van der Waals surface area contributed by atoms with Crippen molar-refractivity contribution in [2.45, 2.75) is 40.5 Å². The fraction of sp³-hybridized carbons (Fsp3) is 0.381. The summed E-state index contributed by atoms with van der Waals surface area (Å²) in [5.41, 5.74) is 2.40. The van der Waals surface area contributed by atoms with E-state index >= 15 is 0 Å². The Balaban J connectivity index is 0.000000730. The van der Waals surface area contributed by atoms with E-state index in [-0.39, 0.29) is 5.82 Å². The van der Waals surface area contributed by atoms with Gasteiger partial charge in [-0.1, -0.05) is 64.1 Å². The van der Waals surface area contributed by atoms with Crippen molar-refractivity contribution < 1.29 is 13.9 Å². The maximum Gasteiger partial charge on any atom is 0.414 e. The summed E-state index contributed by atoms with van der Waals surface area (Å²) in [6.45, 7) is 8.83. The maximum absolute atomic E-state index is 14.2. The Morgan fingerprint density at radius 1 is 1.00 bits per heavy atom. The molecule has 0 saturated carbocycles. The molecule has 0 bridgehead atoms. The van der Waals surface area contributed by atoms with Crippen molar-refractivity contribution in [3.05, 3.63) is 65.5 Å². The molecule has 1 heterocycles. The van der Waals surface area contributed by atoms with Crippen LogP contribution in [0.5, 0.6) is 0 Å². The van der Waals surface area contributed by atoms with Crippen LogP contribution in [-0.2, 0) is 17.6 Å². The summed E-state index contributed by atoms with van der Waals surface area (Å²) in [7, 11) is 0. The van der Waals surface area contributed by atoms with Crippen molar-refractivity contribution in [1.82, 2.24) is 0 Å². The third kappa shape index (κ3) is 5.89. The predicted molar refractivity (Wildman–Crippen MR) is 102 cm³/mol. The molecule has 0 aliphatic carbocycles. The summed E-state index contributed by atoms with van der Waals surface area (Å²) < 4.78 is 19.0. The Bertz CT molecular complexity index is 644. The van der Waals surface area contributed by atoms with Gasteiger partial charge in [-0.25, -0.2) is 9.18 Å². The Morgan fingerprint density at radius 3 is 2.24 bits per heavy atom. The Kier molecular flexibility index (Phi) is 9.30. The number of aryl methyl sites for hydroxylation is 2. The molecule has 1 aliphatic heterocycles. The summed E-state index contributed by atoms with van der Waals surface area (Å²) in [5.74, 6) is -0.275. The molecule has 0 atom stereocenters. The highest BCUT2D eigenvalue weighted by Crippen LogP contribution is 2.22. The number of carbonyl (C=O) groups excluding carboxylic acids is 1. The number of carbonyl (C=O) groups is 1. The number of rotatable bonds is 4. The van der Waals surface area contributed by atoms with Gasteiger partial charge in [0.25, 0.3) is 0 Å². The van der Waals surface area contributed by atoms with E-state index in [2.05, 4.69) is 0 Å². The van der Waals surface area contributed by atoms with Gasteiger partial charge in [-0.3, -0.25) is 4.90 Å². The van der Waals surface area contributed by atoms with Crippen molar-refractivity contribution in [1.29, 1.82) is 0 Å². The van der Waals surface area contributed by atoms with Crippen LogP contribution in [0.25, 0.3) is 0 Å². The molecule has 1 saturated heterocycles. The first-order chi connectivity index (χ1) is 12.2. The molecule has 25 heavy (non-hydrogen) atoms. The second kappa shape index (κ2) is 11.2. The van der Waals surface area contributed by atoms with Crippen LogP contribution in [-0.4, -0.2) is 19.2 Å². The summed E-state index contributed by atoms with van der Waals surface area (Å²) >= 11 is 0. The lowest BCUT2D eigenvalue weighted by atomic mass is 10.0. The molecule has 0 spiro atoms. The molecule has 136 valence electrons. The van der Waals surface area contributed by atoms with E-state index in [4.69, 9.17) is 4.74 Å². The Morgan fingerprint density at radius 2 is 1.68 bits per heavy atom. The number of nitrogens with zero attached hydrogens (tertiary/aromatic N) is 1. The van der Waals surface area contributed by atoms with Crippen LogP contribution in [0.3, 0.4) is 0 Å². The number of cyclic esters (lactones) is 1. The van der Waals surface area contributed by atoms with E-state index in [1.807, 2.05) is 58.0 Å². The highest BCUT2D eigenvalue weighted by Gasteiger charge is 2.24. The minimum absolute atomic E-state index is 0.275. The van der Waals surface area contributed by atoms with Crippen LogP contribution in [0.1, 0.15) is 38.8 Å². The smallest absolute Gasteiger partial charge is 0.414 e. The predicted octanol–water partition coefficient (Wildman–Crippen LogP) is 5.62. The number of amides is 1. The molecule has 3 rings (SSSR count). The molecule has 1 fully saturated rings. The van der Waals surface area contributed by atoms with E-state index in [0.29, 0.717) is 30.8 Å². The van der Waals surface area contributed by atoms with E-state index in [1.165, 1.54) is 16.5 Å². The average Bonchev–Trinajstić information content (AvgIpc) is 3.11. The minimum atomic E-state index is -0.411. The van der Waals surface area contributed by atoms with Gasteiger partial charge < -0.3 is 4.74 Å². The molecule has 3 nitrogen and oxygen atoms in total. The van der Waals surface area contributed by atoms with Crippen LogP contribution in [0.15, 0.2) is 48.5 Å². The SMILES string of the molecule is CC.CC.O=C1OCCN1c1ccc(CCc2ccccc2)c(F)c1. The summed E-state index contributed by atoms with van der Waals surface area (Å²) in [6.07, 6.45) is 1.02. The van der Waals surface area contributed by atoms with Crippen molar-refractivity contribution in [3.63, 3.8) is 0 Å². The molecular formula is C21H28FNO2. The zero-order valence-corrected chi connectivity index (χ0v) is 15.6. The molecule has 0 aromatic heterocycles. The summed E-state index contributed by atoms with van der Waals surface area (Å²) in [5, 5.41) is 0. The van der Waals surface area contributed by atoms with Gasteiger partial charge in [-0.15, -0.1) is 0 Å². The van der Waals surface area contributed by atoms with Crippen LogP contribution in [0, 0.1) is 5.82 Å². The first-order valence-corrected chi connectivity index (χ1v) is 9.01. The largest absolute Gasteiger partial charge is 0.447 e. The Labute approximate surface area is 150 Å². The quantitative estimate of drug-likeness (QED) is 0.720. The number of ether oxygens (including phenoxy) is 1. The van der Waals surface area contributed by atoms with Gasteiger partial charge in [0, 0.05) is 0 Å². The summed E-state index contributed by atoms with van der Waals surface area (Å²) in [6, 6.07) is 14.9. The zero-order chi connectivity index (χ0) is 18.7. The van der Waals surface area contributed by atoms with E-state index < -0.39 is 6.09 Å². The molecule has 0 radical (unpaired) electrons. The topological polar surface area (TPSA) is 29.5 Å².